The highest BCUT2D eigenvalue weighted by atomic mass is 32.1. The van der Waals surface area contributed by atoms with Crippen LogP contribution < -0.4 is 5.32 Å². The van der Waals surface area contributed by atoms with E-state index in [0.717, 1.165) is 10.3 Å². The minimum absolute atomic E-state index is 0.00476. The summed E-state index contributed by atoms with van der Waals surface area (Å²) in [6.45, 7) is 0.00697. The Hall–Kier alpha value is -3.13. The number of amides is 3. The van der Waals surface area contributed by atoms with E-state index < -0.39 is 0 Å². The lowest BCUT2D eigenvalue weighted by atomic mass is 9.94. The summed E-state index contributed by atoms with van der Waals surface area (Å²) in [5.74, 6) is -1.08. The van der Waals surface area contributed by atoms with Gasteiger partial charge < -0.3 is 5.32 Å². The minimum Gasteiger partial charge on any atom is -0.300 e. The second-order valence-corrected chi connectivity index (χ2v) is 6.35. The van der Waals surface area contributed by atoms with Crippen molar-refractivity contribution in [2.75, 3.05) is 11.9 Å². The Morgan fingerprint density at radius 3 is 2.36 bits per heavy atom. The summed E-state index contributed by atoms with van der Waals surface area (Å²) < 4.78 is 0. The molecule has 2 aromatic carbocycles. The molecule has 0 fully saturated rings. The van der Waals surface area contributed by atoms with Crippen molar-refractivity contribution >= 4 is 45.0 Å². The van der Waals surface area contributed by atoms with Gasteiger partial charge in [0.1, 0.15) is 5.51 Å². The molecule has 4 rings (SSSR count). The second-order valence-electron chi connectivity index (χ2n) is 5.51. The molecule has 124 valence electrons. The molecule has 0 bridgehead atoms. The fourth-order valence-corrected chi connectivity index (χ4v) is 3.37. The van der Waals surface area contributed by atoms with E-state index in [0.29, 0.717) is 21.6 Å². The van der Waals surface area contributed by atoms with E-state index in [1.54, 1.807) is 24.3 Å². The first-order valence-corrected chi connectivity index (χ1v) is 8.47. The van der Waals surface area contributed by atoms with E-state index in [9.17, 15) is 14.4 Å². The van der Waals surface area contributed by atoms with Crippen molar-refractivity contribution in [2.24, 2.45) is 0 Å². The highest BCUT2D eigenvalue weighted by Crippen LogP contribution is 2.29. The van der Waals surface area contributed by atoms with Crippen LogP contribution in [0.3, 0.4) is 0 Å². The van der Waals surface area contributed by atoms with Crippen molar-refractivity contribution in [3.63, 3.8) is 0 Å². The quantitative estimate of drug-likeness (QED) is 0.728. The SMILES string of the molecule is O=C(CCN1C(=O)c2cccc3cccc(c23)C1=O)Nc1nncs1. The minimum atomic E-state index is -0.377. The molecule has 3 aromatic rings. The van der Waals surface area contributed by atoms with Gasteiger partial charge in [0.05, 0.1) is 0 Å². The predicted octanol–water partition coefficient (Wildman–Crippen LogP) is 2.32. The summed E-state index contributed by atoms with van der Waals surface area (Å²) in [5, 5.41) is 11.9. The Morgan fingerprint density at radius 2 is 1.76 bits per heavy atom. The summed E-state index contributed by atoms with van der Waals surface area (Å²) >= 11 is 1.20. The molecule has 2 heterocycles. The average molecular weight is 352 g/mol. The van der Waals surface area contributed by atoms with E-state index in [4.69, 9.17) is 0 Å². The number of nitrogens with zero attached hydrogens (tertiary/aromatic N) is 3. The standard InChI is InChI=1S/C17H12N4O3S/c22-13(19-17-20-18-9-25-17)7-8-21-15(23)11-5-1-3-10-4-2-6-12(14(10)11)16(21)24/h1-6,9H,7-8H2,(H,19,20,22). The van der Waals surface area contributed by atoms with Gasteiger partial charge in [0.2, 0.25) is 11.0 Å². The van der Waals surface area contributed by atoms with Gasteiger partial charge in [0.15, 0.2) is 0 Å². The number of carbonyl (C=O) groups excluding carboxylic acids is 3. The second kappa shape index (κ2) is 6.06. The van der Waals surface area contributed by atoms with Gasteiger partial charge in [0, 0.05) is 29.5 Å². The molecule has 0 radical (unpaired) electrons. The summed E-state index contributed by atoms with van der Waals surface area (Å²) in [6.07, 6.45) is -0.00476. The van der Waals surface area contributed by atoms with Crippen LogP contribution in [0.5, 0.6) is 0 Å². The monoisotopic (exact) mass is 352 g/mol. The highest BCUT2D eigenvalue weighted by molar-refractivity contribution is 7.13. The number of hydrogen-bond donors (Lipinski definition) is 1. The molecule has 1 aliphatic rings. The number of imide groups is 1. The fraction of sp³-hybridized carbons (Fsp3) is 0.118. The molecule has 3 amide bonds. The summed E-state index contributed by atoms with van der Waals surface area (Å²) in [6, 6.07) is 10.7. The topological polar surface area (TPSA) is 92.3 Å². The summed E-state index contributed by atoms with van der Waals surface area (Å²) in [5.41, 5.74) is 2.47. The maximum atomic E-state index is 12.7. The Kier molecular flexibility index (Phi) is 3.73. The Labute approximate surface area is 146 Å². The van der Waals surface area contributed by atoms with Crippen LogP contribution in [-0.2, 0) is 4.79 Å². The molecule has 0 saturated carbocycles. The number of rotatable bonds is 4. The average Bonchev–Trinajstić information content (AvgIpc) is 3.12. The zero-order chi connectivity index (χ0) is 17.4. The molecule has 0 aliphatic carbocycles. The Balaban J connectivity index is 1.57. The number of benzene rings is 2. The van der Waals surface area contributed by atoms with Crippen molar-refractivity contribution in [1.29, 1.82) is 0 Å². The lowest BCUT2D eigenvalue weighted by Crippen LogP contribution is -2.41. The molecule has 0 unspecified atom stereocenters. The van der Waals surface area contributed by atoms with Crippen molar-refractivity contribution < 1.29 is 14.4 Å². The molecule has 0 atom stereocenters. The molecular weight excluding hydrogens is 340 g/mol. The maximum absolute atomic E-state index is 12.7. The van der Waals surface area contributed by atoms with Crippen LogP contribution in [0.1, 0.15) is 27.1 Å². The zero-order valence-electron chi connectivity index (χ0n) is 12.9. The third-order valence-corrected chi connectivity index (χ3v) is 4.63. The van der Waals surface area contributed by atoms with Crippen LogP contribution in [0.25, 0.3) is 10.8 Å². The van der Waals surface area contributed by atoms with Gasteiger partial charge in [-0.05, 0) is 17.5 Å². The van der Waals surface area contributed by atoms with Gasteiger partial charge in [-0.1, -0.05) is 35.6 Å². The zero-order valence-corrected chi connectivity index (χ0v) is 13.7. The summed E-state index contributed by atoms with van der Waals surface area (Å²) in [4.78, 5) is 38.5. The number of aromatic nitrogens is 2. The highest BCUT2D eigenvalue weighted by Gasteiger charge is 2.32. The molecular formula is C17H12N4O3S. The first-order chi connectivity index (χ1) is 12.1. The van der Waals surface area contributed by atoms with Crippen molar-refractivity contribution in [1.82, 2.24) is 15.1 Å². The molecule has 7 nitrogen and oxygen atoms in total. The van der Waals surface area contributed by atoms with Gasteiger partial charge in [0.25, 0.3) is 11.8 Å². The van der Waals surface area contributed by atoms with Crippen LogP contribution >= 0.6 is 11.3 Å². The normalized spacial score (nSPS) is 13.4. The van der Waals surface area contributed by atoms with Gasteiger partial charge in [-0.2, -0.15) is 0 Å². The number of anilines is 1. The molecule has 1 N–H and O–H groups in total. The van der Waals surface area contributed by atoms with E-state index >= 15 is 0 Å². The lowest BCUT2D eigenvalue weighted by Gasteiger charge is -2.26. The van der Waals surface area contributed by atoms with E-state index in [1.165, 1.54) is 16.8 Å². The van der Waals surface area contributed by atoms with Crippen LogP contribution in [-0.4, -0.2) is 39.4 Å². The van der Waals surface area contributed by atoms with Gasteiger partial charge in [-0.25, -0.2) is 0 Å². The lowest BCUT2D eigenvalue weighted by molar-refractivity contribution is -0.116. The Bertz CT molecular complexity index is 950. The van der Waals surface area contributed by atoms with Crippen LogP contribution in [0.2, 0.25) is 0 Å². The third-order valence-electron chi connectivity index (χ3n) is 4.02. The van der Waals surface area contributed by atoms with Crippen LogP contribution in [0, 0.1) is 0 Å². The van der Waals surface area contributed by atoms with Gasteiger partial charge in [-0.15, -0.1) is 10.2 Å². The van der Waals surface area contributed by atoms with Crippen molar-refractivity contribution in [2.45, 2.75) is 6.42 Å². The molecule has 8 heteroatoms. The smallest absolute Gasteiger partial charge is 0.261 e. The Morgan fingerprint density at radius 1 is 1.08 bits per heavy atom. The molecule has 0 saturated heterocycles. The van der Waals surface area contributed by atoms with E-state index in [2.05, 4.69) is 15.5 Å². The first kappa shape index (κ1) is 15.4. The van der Waals surface area contributed by atoms with Crippen molar-refractivity contribution in [3.8, 4) is 0 Å². The fourth-order valence-electron chi connectivity index (χ4n) is 2.91. The van der Waals surface area contributed by atoms with Gasteiger partial charge in [-0.3, -0.25) is 19.3 Å². The van der Waals surface area contributed by atoms with Crippen LogP contribution in [0.4, 0.5) is 5.13 Å². The van der Waals surface area contributed by atoms with Crippen molar-refractivity contribution in [3.05, 3.63) is 53.0 Å². The molecule has 25 heavy (non-hydrogen) atoms. The predicted molar refractivity (Wildman–Crippen MR) is 92.5 cm³/mol. The molecule has 0 spiro atoms. The number of carbonyl (C=O) groups is 3. The molecule has 1 aromatic heterocycles. The largest absolute Gasteiger partial charge is 0.300 e. The van der Waals surface area contributed by atoms with Gasteiger partial charge >= 0.3 is 0 Å². The number of nitrogens with one attached hydrogen (secondary N) is 1. The third kappa shape index (κ3) is 2.66. The summed E-state index contributed by atoms with van der Waals surface area (Å²) in [7, 11) is 0. The maximum Gasteiger partial charge on any atom is 0.261 e. The van der Waals surface area contributed by atoms with Crippen LogP contribution in [0.15, 0.2) is 41.9 Å². The number of hydrogen-bond acceptors (Lipinski definition) is 6. The van der Waals surface area contributed by atoms with E-state index in [1.807, 2.05) is 12.1 Å². The van der Waals surface area contributed by atoms with E-state index in [-0.39, 0.29) is 30.7 Å². The first-order valence-electron chi connectivity index (χ1n) is 7.59. The molecule has 1 aliphatic heterocycles.